The van der Waals surface area contributed by atoms with E-state index in [9.17, 15) is 5.11 Å². The molecule has 0 aliphatic carbocycles. The van der Waals surface area contributed by atoms with Gasteiger partial charge in [0.25, 0.3) is 0 Å². The van der Waals surface area contributed by atoms with Gasteiger partial charge < -0.3 is 9.84 Å². The number of rotatable bonds is 4. The molecule has 2 rings (SSSR count). The highest BCUT2D eigenvalue weighted by Gasteiger charge is 2.05. The van der Waals surface area contributed by atoms with Gasteiger partial charge in [0.05, 0.1) is 18.7 Å². The monoisotopic (exact) mass is 271 g/mol. The fraction of sp³-hybridized carbons (Fsp3) is 0.133. The highest BCUT2D eigenvalue weighted by Crippen LogP contribution is 2.30. The number of ether oxygens (including phenoxy) is 1. The zero-order valence-corrected chi connectivity index (χ0v) is 11.3. The smallest absolute Gasteiger partial charge is 0.122 e. The molecule has 0 aliphatic heterocycles. The lowest BCUT2D eigenvalue weighted by Crippen LogP contribution is -1.91. The van der Waals surface area contributed by atoms with Gasteiger partial charge in [-0.3, -0.25) is 0 Å². The van der Waals surface area contributed by atoms with E-state index in [0.717, 1.165) is 16.2 Å². The van der Waals surface area contributed by atoms with E-state index < -0.39 is 0 Å². The zero-order chi connectivity index (χ0) is 13.7. The molecule has 19 heavy (non-hydrogen) atoms. The molecule has 2 aromatic rings. The van der Waals surface area contributed by atoms with Crippen molar-refractivity contribution in [2.45, 2.75) is 10.6 Å². The third-order valence-electron chi connectivity index (χ3n) is 2.62. The molecule has 0 amide bonds. The second-order valence-electron chi connectivity index (χ2n) is 3.92. The molecule has 2 aromatic carbocycles. The maximum Gasteiger partial charge on any atom is 0.122 e. The van der Waals surface area contributed by atoms with Crippen LogP contribution in [-0.2, 0) is 5.75 Å². The van der Waals surface area contributed by atoms with Crippen LogP contribution in [0.15, 0.2) is 47.4 Å². The van der Waals surface area contributed by atoms with Crippen LogP contribution in [0, 0.1) is 11.3 Å². The van der Waals surface area contributed by atoms with Gasteiger partial charge in [0.1, 0.15) is 11.5 Å². The van der Waals surface area contributed by atoms with Crippen LogP contribution in [0.4, 0.5) is 0 Å². The summed E-state index contributed by atoms with van der Waals surface area (Å²) in [5.41, 5.74) is 1.59. The number of phenols is 1. The number of thioether (sulfide) groups is 1. The molecule has 0 heterocycles. The molecule has 0 fully saturated rings. The lowest BCUT2D eigenvalue weighted by Gasteiger charge is -2.08. The Morgan fingerprint density at radius 2 is 2.11 bits per heavy atom. The molecule has 0 aromatic heterocycles. The van der Waals surface area contributed by atoms with E-state index >= 15 is 0 Å². The summed E-state index contributed by atoms with van der Waals surface area (Å²) in [7, 11) is 1.61. The first-order chi connectivity index (χ1) is 9.22. The van der Waals surface area contributed by atoms with Crippen LogP contribution >= 0.6 is 11.8 Å². The van der Waals surface area contributed by atoms with Crippen LogP contribution in [0.2, 0.25) is 0 Å². The molecule has 0 aliphatic rings. The molecule has 0 bridgehead atoms. The fourth-order valence-corrected chi connectivity index (χ4v) is 2.62. The molecular weight excluding hydrogens is 258 g/mol. The molecule has 4 heteroatoms. The topological polar surface area (TPSA) is 53.2 Å². The first-order valence-corrected chi connectivity index (χ1v) is 6.70. The van der Waals surface area contributed by atoms with Gasteiger partial charge in [-0.15, -0.1) is 11.8 Å². The van der Waals surface area contributed by atoms with Gasteiger partial charge in [-0.1, -0.05) is 6.07 Å². The Kier molecular flexibility index (Phi) is 4.32. The Morgan fingerprint density at radius 1 is 1.26 bits per heavy atom. The van der Waals surface area contributed by atoms with Crippen molar-refractivity contribution in [3.8, 4) is 17.6 Å². The summed E-state index contributed by atoms with van der Waals surface area (Å²) in [4.78, 5) is 0.976. The minimum absolute atomic E-state index is 0.253. The molecule has 1 N–H and O–H groups in total. The second-order valence-corrected chi connectivity index (χ2v) is 4.97. The van der Waals surface area contributed by atoms with Gasteiger partial charge in [0.15, 0.2) is 0 Å². The standard InChI is InChI=1S/C15H13NO2S/c1-18-15-6-5-11(9-16)7-12(15)10-19-14-4-2-3-13(17)8-14/h2-8,17H,10H2,1H3. The maximum atomic E-state index is 9.41. The normalized spacial score (nSPS) is 9.89. The third kappa shape index (κ3) is 3.43. The van der Waals surface area contributed by atoms with E-state index in [1.165, 1.54) is 0 Å². The van der Waals surface area contributed by atoms with E-state index in [1.54, 1.807) is 49.2 Å². The molecule has 0 spiro atoms. The third-order valence-corrected chi connectivity index (χ3v) is 3.66. The van der Waals surface area contributed by atoms with E-state index in [1.807, 2.05) is 12.1 Å². The molecule has 0 saturated carbocycles. The van der Waals surface area contributed by atoms with Gasteiger partial charge in [-0.05, 0) is 36.4 Å². The SMILES string of the molecule is COc1ccc(C#N)cc1CSc1cccc(O)c1. The summed E-state index contributed by atoms with van der Waals surface area (Å²) in [5, 5.41) is 18.3. The van der Waals surface area contributed by atoms with Crippen LogP contribution in [-0.4, -0.2) is 12.2 Å². The number of aromatic hydroxyl groups is 1. The predicted octanol–water partition coefficient (Wildman–Crippen LogP) is 3.56. The molecule has 0 unspecified atom stereocenters. The lowest BCUT2D eigenvalue weighted by molar-refractivity contribution is 0.411. The van der Waals surface area contributed by atoms with Crippen LogP contribution in [0.3, 0.4) is 0 Å². The van der Waals surface area contributed by atoms with Crippen molar-refractivity contribution < 1.29 is 9.84 Å². The molecule has 3 nitrogen and oxygen atoms in total. The van der Waals surface area contributed by atoms with Crippen molar-refractivity contribution in [2.24, 2.45) is 0 Å². The molecule has 0 saturated heterocycles. The van der Waals surface area contributed by atoms with Crippen molar-refractivity contribution in [3.05, 3.63) is 53.6 Å². The Balaban J connectivity index is 2.16. The Labute approximate surface area is 116 Å². The number of methoxy groups -OCH3 is 1. The minimum Gasteiger partial charge on any atom is -0.508 e. The van der Waals surface area contributed by atoms with Crippen molar-refractivity contribution >= 4 is 11.8 Å². The maximum absolute atomic E-state index is 9.41. The number of phenolic OH excluding ortho intramolecular Hbond substituents is 1. The summed E-state index contributed by atoms with van der Waals surface area (Å²) in [6.07, 6.45) is 0. The second kappa shape index (κ2) is 6.17. The highest BCUT2D eigenvalue weighted by atomic mass is 32.2. The van der Waals surface area contributed by atoms with Gasteiger partial charge in [0.2, 0.25) is 0 Å². The first kappa shape index (κ1) is 13.3. The first-order valence-electron chi connectivity index (χ1n) is 5.72. The highest BCUT2D eigenvalue weighted by molar-refractivity contribution is 7.98. The van der Waals surface area contributed by atoms with Crippen molar-refractivity contribution in [1.82, 2.24) is 0 Å². The van der Waals surface area contributed by atoms with Gasteiger partial charge >= 0.3 is 0 Å². The number of hydrogen-bond donors (Lipinski definition) is 1. The molecule has 0 atom stereocenters. The summed E-state index contributed by atoms with van der Waals surface area (Å²) < 4.78 is 5.28. The minimum atomic E-state index is 0.253. The van der Waals surface area contributed by atoms with Crippen LogP contribution in [0.5, 0.6) is 11.5 Å². The lowest BCUT2D eigenvalue weighted by atomic mass is 10.1. The quantitative estimate of drug-likeness (QED) is 0.864. The Bertz CT molecular complexity index is 620. The summed E-state index contributed by atoms with van der Waals surface area (Å²) >= 11 is 1.59. The van der Waals surface area contributed by atoms with E-state index in [0.29, 0.717) is 11.3 Å². The fourth-order valence-electron chi connectivity index (χ4n) is 1.70. The number of nitrogens with zero attached hydrogens (tertiary/aromatic N) is 1. The van der Waals surface area contributed by atoms with E-state index in [4.69, 9.17) is 10.00 Å². The number of hydrogen-bond acceptors (Lipinski definition) is 4. The van der Waals surface area contributed by atoms with Crippen LogP contribution in [0.1, 0.15) is 11.1 Å². The largest absolute Gasteiger partial charge is 0.508 e. The summed E-state index contributed by atoms with van der Waals surface area (Å²) in [6.45, 7) is 0. The van der Waals surface area contributed by atoms with E-state index in [2.05, 4.69) is 6.07 Å². The summed E-state index contributed by atoms with van der Waals surface area (Å²) in [6, 6.07) is 14.6. The summed E-state index contributed by atoms with van der Waals surface area (Å²) in [5.74, 6) is 1.71. The van der Waals surface area contributed by atoms with Gasteiger partial charge in [-0.2, -0.15) is 5.26 Å². The average Bonchev–Trinajstić information content (AvgIpc) is 2.45. The van der Waals surface area contributed by atoms with Gasteiger partial charge in [0, 0.05) is 16.2 Å². The van der Waals surface area contributed by atoms with Crippen molar-refractivity contribution in [2.75, 3.05) is 7.11 Å². The Morgan fingerprint density at radius 3 is 2.79 bits per heavy atom. The average molecular weight is 271 g/mol. The Hall–Kier alpha value is -2.12. The zero-order valence-electron chi connectivity index (χ0n) is 10.5. The van der Waals surface area contributed by atoms with Crippen LogP contribution in [0.25, 0.3) is 0 Å². The van der Waals surface area contributed by atoms with Crippen molar-refractivity contribution in [1.29, 1.82) is 5.26 Å². The van der Waals surface area contributed by atoms with Gasteiger partial charge in [-0.25, -0.2) is 0 Å². The van der Waals surface area contributed by atoms with Crippen LogP contribution < -0.4 is 4.74 Å². The van der Waals surface area contributed by atoms with Crippen molar-refractivity contribution in [3.63, 3.8) is 0 Å². The predicted molar refractivity (Wildman–Crippen MR) is 75.4 cm³/mol. The molecule has 96 valence electrons. The molecular formula is C15H13NO2S. The number of benzene rings is 2. The van der Waals surface area contributed by atoms with E-state index in [-0.39, 0.29) is 5.75 Å². The number of nitriles is 1. The molecule has 0 radical (unpaired) electrons.